The number of urea groups is 1. The molecule has 1 aliphatic heterocycles. The minimum absolute atomic E-state index is 0.0450. The Hall–Kier alpha value is -3.05. The molecule has 0 radical (unpaired) electrons. The first-order chi connectivity index (χ1) is 12.4. The number of amides is 2. The van der Waals surface area contributed by atoms with Crippen molar-refractivity contribution in [1.29, 1.82) is 0 Å². The van der Waals surface area contributed by atoms with Crippen molar-refractivity contribution < 1.29 is 19.6 Å². The van der Waals surface area contributed by atoms with Crippen molar-refractivity contribution in [2.75, 3.05) is 18.5 Å². The van der Waals surface area contributed by atoms with Gasteiger partial charge in [0.2, 0.25) is 5.13 Å². The van der Waals surface area contributed by atoms with Gasteiger partial charge in [-0.1, -0.05) is 17.9 Å². The Morgan fingerprint density at radius 3 is 2.69 bits per heavy atom. The van der Waals surface area contributed by atoms with E-state index in [1.807, 2.05) is 0 Å². The highest BCUT2D eigenvalue weighted by Gasteiger charge is 2.37. The number of nitrogens with zero attached hydrogens (tertiary/aromatic N) is 5. The second kappa shape index (κ2) is 7.06. The second-order valence-electron chi connectivity index (χ2n) is 5.46. The molecule has 136 valence electrons. The zero-order chi connectivity index (χ0) is 18.8. The number of ether oxygens (including phenoxy) is 1. The van der Waals surface area contributed by atoms with Crippen molar-refractivity contribution in [3.05, 3.63) is 52.0 Å². The van der Waals surface area contributed by atoms with Gasteiger partial charge in [-0.3, -0.25) is 10.1 Å². The van der Waals surface area contributed by atoms with Gasteiger partial charge in [0.1, 0.15) is 5.75 Å². The van der Waals surface area contributed by atoms with E-state index in [2.05, 4.69) is 16.8 Å². The van der Waals surface area contributed by atoms with Crippen molar-refractivity contribution >= 4 is 28.2 Å². The van der Waals surface area contributed by atoms with Crippen molar-refractivity contribution in [2.24, 2.45) is 0 Å². The average Bonchev–Trinajstić information content (AvgIpc) is 3.18. The zero-order valence-corrected chi connectivity index (χ0v) is 14.5. The molecule has 10 nitrogen and oxygen atoms in total. The van der Waals surface area contributed by atoms with Crippen LogP contribution >= 0.6 is 11.3 Å². The van der Waals surface area contributed by atoms with Gasteiger partial charge in [-0.05, 0) is 18.2 Å². The van der Waals surface area contributed by atoms with E-state index in [1.54, 1.807) is 7.05 Å². The Balaban J connectivity index is 1.77. The van der Waals surface area contributed by atoms with E-state index in [-0.39, 0.29) is 23.4 Å². The molecule has 1 aliphatic rings. The van der Waals surface area contributed by atoms with Gasteiger partial charge in [0, 0.05) is 19.2 Å². The number of carbonyl (C=O) groups is 1. The van der Waals surface area contributed by atoms with E-state index in [4.69, 9.17) is 4.74 Å². The molecule has 2 aromatic rings. The van der Waals surface area contributed by atoms with Crippen LogP contribution in [0.5, 0.6) is 5.75 Å². The number of aliphatic hydroxyl groups excluding tert-OH is 1. The number of aliphatic hydroxyl groups is 1. The molecule has 11 heteroatoms. The molecule has 2 amide bonds. The van der Waals surface area contributed by atoms with E-state index in [9.17, 15) is 20.0 Å². The summed E-state index contributed by atoms with van der Waals surface area (Å²) in [6.07, 6.45) is -0.151. The van der Waals surface area contributed by atoms with Crippen molar-refractivity contribution in [2.45, 2.75) is 12.3 Å². The lowest BCUT2D eigenvalue weighted by atomic mass is 10.3. The molecular formula is C15H15N5O5S. The quantitative estimate of drug-likeness (QED) is 0.464. The predicted octanol–water partition coefficient (Wildman–Crippen LogP) is 1.94. The van der Waals surface area contributed by atoms with E-state index in [1.165, 1.54) is 35.2 Å². The van der Waals surface area contributed by atoms with Gasteiger partial charge in [-0.2, -0.15) is 0 Å². The lowest BCUT2D eigenvalue weighted by molar-refractivity contribution is -0.384. The first-order valence-corrected chi connectivity index (χ1v) is 8.32. The summed E-state index contributed by atoms with van der Waals surface area (Å²) in [6.45, 7) is 3.87. The highest BCUT2D eigenvalue weighted by atomic mass is 32.1. The van der Waals surface area contributed by atoms with Crippen LogP contribution in [0.15, 0.2) is 36.9 Å². The topological polar surface area (TPSA) is 122 Å². The normalized spacial score (nSPS) is 18.1. The fourth-order valence-electron chi connectivity index (χ4n) is 2.36. The maximum atomic E-state index is 12.1. The lowest BCUT2D eigenvalue weighted by Crippen LogP contribution is -2.34. The number of nitro benzene ring substituents is 1. The van der Waals surface area contributed by atoms with Gasteiger partial charge in [-0.15, -0.1) is 10.2 Å². The molecule has 1 aromatic carbocycles. The number of nitro groups is 1. The van der Waals surface area contributed by atoms with Crippen molar-refractivity contribution in [3.8, 4) is 5.75 Å². The van der Waals surface area contributed by atoms with Crippen LogP contribution in [0.2, 0.25) is 0 Å². The molecular weight excluding hydrogens is 362 g/mol. The molecule has 1 fully saturated rings. The molecule has 2 atom stereocenters. The smallest absolute Gasteiger partial charge is 0.328 e. The van der Waals surface area contributed by atoms with Gasteiger partial charge < -0.3 is 14.7 Å². The molecule has 26 heavy (non-hydrogen) atoms. The van der Waals surface area contributed by atoms with Gasteiger partial charge in [0.05, 0.1) is 11.5 Å². The van der Waals surface area contributed by atoms with E-state index < -0.39 is 17.3 Å². The molecule has 0 saturated carbocycles. The molecule has 1 aromatic heterocycles. The molecule has 0 spiro atoms. The molecule has 0 bridgehead atoms. The number of carbonyl (C=O) groups excluding carboxylic acids is 1. The summed E-state index contributed by atoms with van der Waals surface area (Å²) in [6, 6.07) is 5.23. The molecule has 2 heterocycles. The number of rotatable bonds is 6. The molecule has 1 N–H and O–H groups in total. The van der Waals surface area contributed by atoms with Crippen LogP contribution in [0, 0.1) is 10.1 Å². The molecule has 0 aliphatic carbocycles. The standard InChI is InChI=1S/C15H15N5O5S/c1-3-11(25-10-6-4-9(5-7-10)20(23)24)13-16-17-14(26-13)19-12(21)8-18(2)15(19)22/h3-7,11-12,21H,1,8H2,2H3. The minimum Gasteiger partial charge on any atom is -0.479 e. The minimum atomic E-state index is -0.994. The Bertz CT molecular complexity index is 839. The summed E-state index contributed by atoms with van der Waals surface area (Å²) in [5, 5.41) is 29.3. The average molecular weight is 377 g/mol. The lowest BCUT2D eigenvalue weighted by Gasteiger charge is -2.15. The Morgan fingerprint density at radius 2 is 2.15 bits per heavy atom. The summed E-state index contributed by atoms with van der Waals surface area (Å²) < 4.78 is 5.73. The van der Waals surface area contributed by atoms with Gasteiger partial charge in [-0.25, -0.2) is 9.69 Å². The first-order valence-electron chi connectivity index (χ1n) is 7.50. The van der Waals surface area contributed by atoms with Crippen LogP contribution in [0.3, 0.4) is 0 Å². The van der Waals surface area contributed by atoms with Crippen LogP contribution in [-0.2, 0) is 0 Å². The van der Waals surface area contributed by atoms with Crippen LogP contribution < -0.4 is 9.64 Å². The number of β-amino-alcohol motifs (C(OH)–C–C–N with tert-alkyl or cyclic N) is 1. The van der Waals surface area contributed by atoms with Crippen LogP contribution in [-0.4, -0.2) is 51.0 Å². The van der Waals surface area contributed by atoms with Crippen LogP contribution in [0.4, 0.5) is 15.6 Å². The Morgan fingerprint density at radius 1 is 1.46 bits per heavy atom. The van der Waals surface area contributed by atoms with E-state index >= 15 is 0 Å². The van der Waals surface area contributed by atoms with E-state index in [0.29, 0.717) is 10.8 Å². The second-order valence-corrected chi connectivity index (χ2v) is 6.45. The number of non-ortho nitro benzene ring substituents is 1. The first kappa shape index (κ1) is 17.8. The summed E-state index contributed by atoms with van der Waals surface area (Å²) >= 11 is 1.09. The fourth-order valence-corrected chi connectivity index (χ4v) is 3.27. The summed E-state index contributed by atoms with van der Waals surface area (Å²) in [7, 11) is 1.58. The number of likely N-dealkylation sites (N-methyl/N-ethyl adjacent to an activating group) is 1. The third-order valence-electron chi connectivity index (χ3n) is 3.67. The highest BCUT2D eigenvalue weighted by molar-refractivity contribution is 7.15. The molecule has 1 saturated heterocycles. The van der Waals surface area contributed by atoms with E-state index in [0.717, 1.165) is 16.2 Å². The van der Waals surface area contributed by atoms with Gasteiger partial charge in [0.15, 0.2) is 17.3 Å². The summed E-state index contributed by atoms with van der Waals surface area (Å²) in [5.41, 5.74) is -0.0450. The fraction of sp³-hybridized carbons (Fsp3) is 0.267. The number of aromatic nitrogens is 2. The Labute approximate surface area is 152 Å². The summed E-state index contributed by atoms with van der Waals surface area (Å²) in [4.78, 5) is 24.8. The highest BCUT2D eigenvalue weighted by Crippen LogP contribution is 2.32. The largest absolute Gasteiger partial charge is 0.479 e. The predicted molar refractivity (Wildman–Crippen MR) is 93.1 cm³/mol. The monoisotopic (exact) mass is 377 g/mol. The van der Waals surface area contributed by atoms with Gasteiger partial charge in [0.25, 0.3) is 5.69 Å². The molecule has 3 rings (SSSR count). The van der Waals surface area contributed by atoms with Gasteiger partial charge >= 0.3 is 6.03 Å². The zero-order valence-electron chi connectivity index (χ0n) is 13.7. The SMILES string of the molecule is C=CC(Oc1ccc([N+](=O)[O-])cc1)c1nnc(N2C(=O)N(C)CC2O)s1. The van der Waals surface area contributed by atoms with Crippen molar-refractivity contribution in [3.63, 3.8) is 0 Å². The third kappa shape index (κ3) is 3.34. The van der Waals surface area contributed by atoms with Crippen molar-refractivity contribution in [1.82, 2.24) is 15.1 Å². The maximum Gasteiger partial charge on any atom is 0.328 e. The summed E-state index contributed by atoms with van der Waals surface area (Å²) in [5.74, 6) is 0.397. The molecule has 2 unspecified atom stereocenters. The van der Waals surface area contributed by atoms with Crippen LogP contribution in [0.1, 0.15) is 11.1 Å². The third-order valence-corrected chi connectivity index (χ3v) is 4.66. The number of anilines is 1. The number of hydrogen-bond donors (Lipinski definition) is 1. The Kier molecular flexibility index (Phi) is 4.82. The number of hydrogen-bond acceptors (Lipinski definition) is 8. The number of benzene rings is 1. The maximum absolute atomic E-state index is 12.1. The van der Waals surface area contributed by atoms with Crippen LogP contribution in [0.25, 0.3) is 0 Å².